The van der Waals surface area contributed by atoms with Gasteiger partial charge in [-0.3, -0.25) is 4.79 Å². The lowest BCUT2D eigenvalue weighted by Gasteiger charge is -2.12. The highest BCUT2D eigenvalue weighted by atomic mass is 16.1. The fourth-order valence-corrected chi connectivity index (χ4v) is 2.84. The molecule has 1 atom stereocenters. The fourth-order valence-electron chi connectivity index (χ4n) is 2.84. The Morgan fingerprint density at radius 2 is 2.29 bits per heavy atom. The van der Waals surface area contributed by atoms with Crippen LogP contribution in [0.25, 0.3) is 5.65 Å². The van der Waals surface area contributed by atoms with Crippen LogP contribution in [0.4, 0.5) is 0 Å². The molecule has 1 amide bonds. The van der Waals surface area contributed by atoms with Gasteiger partial charge in [0.1, 0.15) is 5.65 Å². The monoisotopic (exact) mass is 286 g/mol. The van der Waals surface area contributed by atoms with Gasteiger partial charge in [-0.25, -0.2) is 4.98 Å². The Morgan fingerprint density at radius 3 is 3.19 bits per heavy atom. The van der Waals surface area contributed by atoms with E-state index < -0.39 is 0 Å². The van der Waals surface area contributed by atoms with Crippen LogP contribution >= 0.6 is 0 Å². The topological polar surface area (TPSA) is 58.4 Å². The molecule has 0 radical (unpaired) electrons. The number of amides is 1. The zero-order chi connectivity index (χ0) is 14.7. The van der Waals surface area contributed by atoms with Crippen molar-refractivity contribution in [1.82, 2.24) is 20.0 Å². The molecule has 0 aliphatic carbocycles. The molecule has 1 aliphatic heterocycles. The molecule has 0 aromatic carbocycles. The van der Waals surface area contributed by atoms with Gasteiger partial charge < -0.3 is 15.0 Å². The Bertz CT molecular complexity index is 626. The van der Waals surface area contributed by atoms with Crippen LogP contribution in [0.1, 0.15) is 30.5 Å². The van der Waals surface area contributed by atoms with Gasteiger partial charge in [-0.15, -0.1) is 0 Å². The predicted molar refractivity (Wildman–Crippen MR) is 82.0 cm³/mol. The lowest BCUT2D eigenvalue weighted by molar-refractivity contribution is -0.125. The quantitative estimate of drug-likeness (QED) is 0.902. The van der Waals surface area contributed by atoms with Crippen LogP contribution in [0.2, 0.25) is 0 Å². The molecule has 0 unspecified atom stereocenters. The first-order valence-corrected chi connectivity index (χ1v) is 7.65. The van der Waals surface area contributed by atoms with E-state index in [1.165, 1.54) is 5.56 Å². The van der Waals surface area contributed by atoms with Gasteiger partial charge in [0.05, 0.1) is 12.2 Å². The van der Waals surface area contributed by atoms with Crippen molar-refractivity contribution in [2.45, 2.75) is 32.7 Å². The predicted octanol–water partition coefficient (Wildman–Crippen LogP) is 1.65. The summed E-state index contributed by atoms with van der Waals surface area (Å²) >= 11 is 0. The van der Waals surface area contributed by atoms with Crippen molar-refractivity contribution in [3.63, 3.8) is 0 Å². The molecule has 5 nitrogen and oxygen atoms in total. The standard InChI is InChI=1S/C16H22N4O/c1-12-4-5-15-19-14(11-20(15)10-12)9-18-16(21)13-3-2-7-17-8-6-13/h4-5,10-11,13,17H,2-3,6-9H2,1H3,(H,18,21)/t13-/m1/s1. The highest BCUT2D eigenvalue weighted by Crippen LogP contribution is 2.14. The third-order valence-corrected chi connectivity index (χ3v) is 4.04. The van der Waals surface area contributed by atoms with E-state index in [4.69, 9.17) is 0 Å². The van der Waals surface area contributed by atoms with Crippen LogP contribution in [0, 0.1) is 12.8 Å². The number of hydrogen-bond acceptors (Lipinski definition) is 3. The molecule has 0 spiro atoms. The number of aryl methyl sites for hydroxylation is 1. The highest BCUT2D eigenvalue weighted by molar-refractivity contribution is 5.78. The van der Waals surface area contributed by atoms with Crippen LogP contribution in [-0.2, 0) is 11.3 Å². The second-order valence-electron chi connectivity index (χ2n) is 5.80. The summed E-state index contributed by atoms with van der Waals surface area (Å²) in [7, 11) is 0. The summed E-state index contributed by atoms with van der Waals surface area (Å²) in [5, 5.41) is 6.36. The van der Waals surface area contributed by atoms with Crippen LogP contribution in [-0.4, -0.2) is 28.4 Å². The number of rotatable bonds is 3. The molecule has 0 bridgehead atoms. The van der Waals surface area contributed by atoms with E-state index in [9.17, 15) is 4.79 Å². The Hall–Kier alpha value is -1.88. The number of fused-ring (bicyclic) bond motifs is 1. The van der Waals surface area contributed by atoms with Gasteiger partial charge in [0.15, 0.2) is 0 Å². The normalized spacial score (nSPS) is 19.4. The van der Waals surface area contributed by atoms with E-state index in [2.05, 4.69) is 22.5 Å². The average molecular weight is 286 g/mol. The number of hydrogen-bond donors (Lipinski definition) is 2. The van der Waals surface area contributed by atoms with Gasteiger partial charge in [0.25, 0.3) is 0 Å². The second kappa shape index (κ2) is 6.26. The first-order valence-electron chi connectivity index (χ1n) is 7.65. The van der Waals surface area contributed by atoms with Crippen molar-refractivity contribution in [3.05, 3.63) is 35.8 Å². The third kappa shape index (κ3) is 3.42. The fraction of sp³-hybridized carbons (Fsp3) is 0.500. The number of nitrogens with one attached hydrogen (secondary N) is 2. The number of carbonyl (C=O) groups excluding carboxylic acids is 1. The number of imidazole rings is 1. The van der Waals surface area contributed by atoms with Gasteiger partial charge in [-0.05, 0) is 50.9 Å². The number of aromatic nitrogens is 2. The summed E-state index contributed by atoms with van der Waals surface area (Å²) in [6.45, 7) is 4.52. The minimum atomic E-state index is 0.138. The Morgan fingerprint density at radius 1 is 1.38 bits per heavy atom. The Balaban J connectivity index is 1.61. The van der Waals surface area contributed by atoms with E-state index in [1.807, 2.05) is 28.9 Å². The van der Waals surface area contributed by atoms with Crippen LogP contribution in [0.3, 0.4) is 0 Å². The molecular weight excluding hydrogens is 264 g/mol. The molecule has 21 heavy (non-hydrogen) atoms. The SMILES string of the molecule is Cc1ccc2nc(CNC(=O)[C@@H]3CCCNCC3)cn2c1. The zero-order valence-electron chi connectivity index (χ0n) is 12.4. The van der Waals surface area contributed by atoms with E-state index in [0.717, 1.165) is 43.7 Å². The van der Waals surface area contributed by atoms with Crippen LogP contribution in [0.5, 0.6) is 0 Å². The van der Waals surface area contributed by atoms with Gasteiger partial charge in [0.2, 0.25) is 5.91 Å². The highest BCUT2D eigenvalue weighted by Gasteiger charge is 2.19. The first kappa shape index (κ1) is 14.1. The molecule has 3 heterocycles. The summed E-state index contributed by atoms with van der Waals surface area (Å²) in [6, 6.07) is 4.04. The van der Waals surface area contributed by atoms with E-state index in [1.54, 1.807) is 0 Å². The molecule has 5 heteroatoms. The summed E-state index contributed by atoms with van der Waals surface area (Å²) < 4.78 is 2.01. The molecule has 2 aromatic heterocycles. The molecule has 2 N–H and O–H groups in total. The van der Waals surface area contributed by atoms with Crippen molar-refractivity contribution in [2.24, 2.45) is 5.92 Å². The van der Waals surface area contributed by atoms with Gasteiger partial charge in [0, 0.05) is 18.3 Å². The Kier molecular flexibility index (Phi) is 4.20. The molecule has 112 valence electrons. The van der Waals surface area contributed by atoms with Crippen molar-refractivity contribution in [1.29, 1.82) is 0 Å². The lowest BCUT2D eigenvalue weighted by atomic mass is 10.00. The number of pyridine rings is 1. The zero-order valence-corrected chi connectivity index (χ0v) is 12.4. The molecular formula is C16H22N4O. The number of carbonyl (C=O) groups is 1. The minimum absolute atomic E-state index is 0.138. The maximum atomic E-state index is 12.2. The third-order valence-electron chi connectivity index (χ3n) is 4.04. The molecule has 1 aliphatic rings. The van der Waals surface area contributed by atoms with Crippen LogP contribution in [0.15, 0.2) is 24.5 Å². The maximum Gasteiger partial charge on any atom is 0.223 e. The molecule has 1 fully saturated rings. The lowest BCUT2D eigenvalue weighted by Crippen LogP contribution is -2.31. The first-order chi connectivity index (χ1) is 10.2. The van der Waals surface area contributed by atoms with Gasteiger partial charge in [-0.1, -0.05) is 6.07 Å². The largest absolute Gasteiger partial charge is 0.350 e. The smallest absolute Gasteiger partial charge is 0.223 e. The minimum Gasteiger partial charge on any atom is -0.350 e. The van der Waals surface area contributed by atoms with Crippen LogP contribution < -0.4 is 10.6 Å². The van der Waals surface area contributed by atoms with E-state index in [-0.39, 0.29) is 11.8 Å². The second-order valence-corrected chi connectivity index (χ2v) is 5.80. The average Bonchev–Trinajstić information content (AvgIpc) is 2.69. The van der Waals surface area contributed by atoms with Crippen molar-refractivity contribution < 1.29 is 4.79 Å². The maximum absolute atomic E-state index is 12.2. The van der Waals surface area contributed by atoms with Crippen molar-refractivity contribution in [2.75, 3.05) is 13.1 Å². The molecule has 3 rings (SSSR count). The number of nitrogens with zero attached hydrogens (tertiary/aromatic N) is 2. The summed E-state index contributed by atoms with van der Waals surface area (Å²) in [6.07, 6.45) is 7.01. The van der Waals surface area contributed by atoms with E-state index in [0.29, 0.717) is 6.54 Å². The molecule has 0 saturated carbocycles. The Labute approximate surface area is 124 Å². The molecule has 2 aromatic rings. The summed E-state index contributed by atoms with van der Waals surface area (Å²) in [5.41, 5.74) is 3.02. The summed E-state index contributed by atoms with van der Waals surface area (Å²) in [5.74, 6) is 0.297. The van der Waals surface area contributed by atoms with E-state index >= 15 is 0 Å². The van der Waals surface area contributed by atoms with Crippen molar-refractivity contribution in [3.8, 4) is 0 Å². The molecule has 1 saturated heterocycles. The van der Waals surface area contributed by atoms with Crippen molar-refractivity contribution >= 4 is 11.6 Å². The summed E-state index contributed by atoms with van der Waals surface area (Å²) in [4.78, 5) is 16.7. The van der Waals surface area contributed by atoms with Gasteiger partial charge >= 0.3 is 0 Å². The van der Waals surface area contributed by atoms with Gasteiger partial charge in [-0.2, -0.15) is 0 Å².